The largest absolute Gasteiger partial charge is 0.496 e. The van der Waals surface area contributed by atoms with Crippen LogP contribution in [0.3, 0.4) is 0 Å². The van der Waals surface area contributed by atoms with Gasteiger partial charge in [0.15, 0.2) is 11.5 Å². The molecule has 0 atom stereocenters. The summed E-state index contributed by atoms with van der Waals surface area (Å²) in [7, 11) is 4.93. The standard InChI is InChI=1S/C22H26ClNO4/c1-6-28-22-18(23)12-16(13-20(22)27-5)8-10-21(25)24(3)14-17-11-15(2)7-9-19(17)26-4/h7-13H,6,14H2,1-5H3/b10-8+. The Labute approximate surface area is 171 Å². The number of methoxy groups -OCH3 is 2. The molecule has 0 heterocycles. The Hall–Kier alpha value is -2.66. The molecule has 0 radical (unpaired) electrons. The summed E-state index contributed by atoms with van der Waals surface area (Å²) in [5.41, 5.74) is 2.82. The molecule has 0 saturated carbocycles. The van der Waals surface area contributed by atoms with E-state index in [9.17, 15) is 4.79 Å². The van der Waals surface area contributed by atoms with Crippen molar-refractivity contribution >= 4 is 23.6 Å². The molecule has 1 amide bonds. The Balaban J connectivity index is 2.15. The Bertz CT molecular complexity index is 864. The van der Waals surface area contributed by atoms with E-state index < -0.39 is 0 Å². The molecule has 2 aromatic rings. The van der Waals surface area contributed by atoms with Crippen LogP contribution in [0.15, 0.2) is 36.4 Å². The Morgan fingerprint density at radius 1 is 1.14 bits per heavy atom. The molecule has 5 nitrogen and oxygen atoms in total. The smallest absolute Gasteiger partial charge is 0.246 e. The Morgan fingerprint density at radius 2 is 1.86 bits per heavy atom. The summed E-state index contributed by atoms with van der Waals surface area (Å²) in [4.78, 5) is 14.1. The minimum absolute atomic E-state index is 0.132. The molecule has 0 saturated heterocycles. The molecule has 0 spiro atoms. The van der Waals surface area contributed by atoms with Gasteiger partial charge in [-0.15, -0.1) is 0 Å². The van der Waals surface area contributed by atoms with Crippen molar-refractivity contribution in [2.45, 2.75) is 20.4 Å². The summed E-state index contributed by atoms with van der Waals surface area (Å²) < 4.78 is 16.2. The maximum absolute atomic E-state index is 12.5. The highest BCUT2D eigenvalue weighted by atomic mass is 35.5. The number of carbonyl (C=O) groups excluding carboxylic acids is 1. The molecule has 28 heavy (non-hydrogen) atoms. The normalized spacial score (nSPS) is 10.8. The van der Waals surface area contributed by atoms with E-state index in [1.807, 2.05) is 32.0 Å². The van der Waals surface area contributed by atoms with E-state index in [1.165, 1.54) is 6.08 Å². The van der Waals surface area contributed by atoms with Crippen molar-refractivity contribution in [2.75, 3.05) is 27.9 Å². The summed E-state index contributed by atoms with van der Waals surface area (Å²) in [6.45, 7) is 4.81. The van der Waals surface area contributed by atoms with Gasteiger partial charge in [0, 0.05) is 25.2 Å². The number of likely N-dealkylation sites (N-methyl/N-ethyl adjacent to an activating group) is 1. The third-order valence-electron chi connectivity index (χ3n) is 4.18. The second-order valence-electron chi connectivity index (χ2n) is 6.31. The number of amides is 1. The van der Waals surface area contributed by atoms with Crippen LogP contribution in [-0.2, 0) is 11.3 Å². The molecule has 0 bridgehead atoms. The lowest BCUT2D eigenvalue weighted by Crippen LogP contribution is -2.24. The summed E-state index contributed by atoms with van der Waals surface area (Å²) in [6.07, 6.45) is 3.21. The third-order valence-corrected chi connectivity index (χ3v) is 4.46. The van der Waals surface area contributed by atoms with Gasteiger partial charge < -0.3 is 19.1 Å². The fourth-order valence-corrected chi connectivity index (χ4v) is 3.05. The first kappa shape index (κ1) is 21.6. The minimum atomic E-state index is -0.132. The number of rotatable bonds is 8. The van der Waals surface area contributed by atoms with Gasteiger partial charge in [-0.05, 0) is 43.7 Å². The summed E-state index contributed by atoms with van der Waals surface area (Å²) in [5.74, 6) is 1.66. The predicted octanol–water partition coefficient (Wildman–Crippen LogP) is 4.74. The van der Waals surface area contributed by atoms with Gasteiger partial charge in [-0.3, -0.25) is 4.79 Å². The van der Waals surface area contributed by atoms with Crippen LogP contribution in [0.25, 0.3) is 6.08 Å². The fourth-order valence-electron chi connectivity index (χ4n) is 2.78. The first-order chi connectivity index (χ1) is 13.4. The zero-order chi connectivity index (χ0) is 20.7. The zero-order valence-corrected chi connectivity index (χ0v) is 17.7. The maximum Gasteiger partial charge on any atom is 0.246 e. The molecular weight excluding hydrogens is 378 g/mol. The monoisotopic (exact) mass is 403 g/mol. The van der Waals surface area contributed by atoms with Gasteiger partial charge in [0.05, 0.1) is 25.8 Å². The first-order valence-corrected chi connectivity index (χ1v) is 9.34. The van der Waals surface area contributed by atoms with E-state index in [4.69, 9.17) is 25.8 Å². The molecule has 0 N–H and O–H groups in total. The van der Waals surface area contributed by atoms with Crippen molar-refractivity contribution < 1.29 is 19.0 Å². The molecule has 0 fully saturated rings. The van der Waals surface area contributed by atoms with Gasteiger partial charge in [-0.2, -0.15) is 0 Å². The summed E-state index contributed by atoms with van der Waals surface area (Å²) in [5, 5.41) is 0.436. The van der Waals surface area contributed by atoms with E-state index in [0.717, 1.165) is 22.4 Å². The van der Waals surface area contributed by atoms with Crippen molar-refractivity contribution in [1.29, 1.82) is 0 Å². The van der Waals surface area contributed by atoms with Crippen molar-refractivity contribution in [3.8, 4) is 17.2 Å². The number of nitrogens with zero attached hydrogens (tertiary/aromatic N) is 1. The van der Waals surface area contributed by atoms with Crippen LogP contribution in [0.4, 0.5) is 0 Å². The number of halogens is 1. The highest BCUT2D eigenvalue weighted by Crippen LogP contribution is 2.36. The second kappa shape index (κ2) is 10.0. The average Bonchev–Trinajstić information content (AvgIpc) is 2.67. The molecule has 0 unspecified atom stereocenters. The SMILES string of the molecule is CCOc1c(Cl)cc(/C=C/C(=O)N(C)Cc2cc(C)ccc2OC)cc1OC. The molecule has 0 aromatic heterocycles. The van der Waals surface area contributed by atoms with Gasteiger partial charge in [-0.1, -0.05) is 29.3 Å². The van der Waals surface area contributed by atoms with Crippen molar-refractivity contribution in [3.05, 3.63) is 58.1 Å². The average molecular weight is 404 g/mol. The van der Waals surface area contributed by atoms with Gasteiger partial charge in [0.1, 0.15) is 5.75 Å². The second-order valence-corrected chi connectivity index (χ2v) is 6.72. The third kappa shape index (κ3) is 5.42. The predicted molar refractivity (Wildman–Crippen MR) is 112 cm³/mol. The van der Waals surface area contributed by atoms with E-state index in [-0.39, 0.29) is 5.91 Å². The summed E-state index contributed by atoms with van der Waals surface area (Å²) >= 11 is 6.28. The van der Waals surface area contributed by atoms with Crippen LogP contribution < -0.4 is 14.2 Å². The van der Waals surface area contributed by atoms with E-state index >= 15 is 0 Å². The quantitative estimate of drug-likeness (QED) is 0.597. The molecular formula is C22H26ClNO4. The summed E-state index contributed by atoms with van der Waals surface area (Å²) in [6, 6.07) is 9.43. The number of benzene rings is 2. The number of hydrogen-bond acceptors (Lipinski definition) is 4. The molecule has 0 aliphatic heterocycles. The maximum atomic E-state index is 12.5. The van der Waals surface area contributed by atoms with Crippen LogP contribution in [0.2, 0.25) is 5.02 Å². The highest BCUT2D eigenvalue weighted by Gasteiger charge is 2.12. The molecule has 2 aromatic carbocycles. The van der Waals surface area contributed by atoms with E-state index in [0.29, 0.717) is 29.7 Å². The van der Waals surface area contributed by atoms with Crippen LogP contribution in [0, 0.1) is 6.92 Å². The number of hydrogen-bond donors (Lipinski definition) is 0. The lowest BCUT2D eigenvalue weighted by Gasteiger charge is -2.18. The minimum Gasteiger partial charge on any atom is -0.496 e. The van der Waals surface area contributed by atoms with Crippen LogP contribution >= 0.6 is 11.6 Å². The number of ether oxygens (including phenoxy) is 3. The first-order valence-electron chi connectivity index (χ1n) is 8.96. The van der Waals surface area contributed by atoms with Gasteiger partial charge >= 0.3 is 0 Å². The molecule has 6 heteroatoms. The topological polar surface area (TPSA) is 48.0 Å². The van der Waals surface area contributed by atoms with E-state index in [1.54, 1.807) is 44.4 Å². The zero-order valence-electron chi connectivity index (χ0n) is 16.9. The van der Waals surface area contributed by atoms with Gasteiger partial charge in [-0.25, -0.2) is 0 Å². The van der Waals surface area contributed by atoms with Crippen molar-refractivity contribution in [1.82, 2.24) is 4.90 Å². The fraction of sp³-hybridized carbons (Fsp3) is 0.318. The number of aryl methyl sites for hydroxylation is 1. The van der Waals surface area contributed by atoms with Crippen LogP contribution in [0.5, 0.6) is 17.2 Å². The highest BCUT2D eigenvalue weighted by molar-refractivity contribution is 6.32. The van der Waals surface area contributed by atoms with Gasteiger partial charge in [0.2, 0.25) is 5.91 Å². The van der Waals surface area contributed by atoms with Crippen molar-refractivity contribution in [3.63, 3.8) is 0 Å². The lowest BCUT2D eigenvalue weighted by molar-refractivity contribution is -0.125. The molecule has 0 aliphatic carbocycles. The van der Waals surface area contributed by atoms with Gasteiger partial charge in [0.25, 0.3) is 0 Å². The Morgan fingerprint density at radius 3 is 2.50 bits per heavy atom. The molecule has 2 rings (SSSR count). The van der Waals surface area contributed by atoms with E-state index in [2.05, 4.69) is 0 Å². The Kier molecular flexibility index (Phi) is 7.76. The van der Waals surface area contributed by atoms with Crippen LogP contribution in [-0.4, -0.2) is 38.7 Å². The molecule has 150 valence electrons. The molecule has 0 aliphatic rings. The lowest BCUT2D eigenvalue weighted by atomic mass is 10.1. The van der Waals surface area contributed by atoms with Crippen molar-refractivity contribution in [2.24, 2.45) is 0 Å². The number of carbonyl (C=O) groups is 1. The van der Waals surface area contributed by atoms with Crippen LogP contribution in [0.1, 0.15) is 23.6 Å².